The second kappa shape index (κ2) is 12.3. The van der Waals surface area contributed by atoms with Gasteiger partial charge in [0.1, 0.15) is 0 Å². The van der Waals surface area contributed by atoms with Crippen LogP contribution in [-0.2, 0) is 8.98 Å². The number of rotatable bonds is 7. The van der Waals surface area contributed by atoms with Gasteiger partial charge in [-0.2, -0.15) is 13.2 Å². The van der Waals surface area contributed by atoms with Crippen LogP contribution in [0.15, 0.2) is 178 Å². The average molecular weight is 605 g/mol. The van der Waals surface area contributed by atoms with E-state index in [1.165, 1.54) is 0 Å². The molecule has 0 radical (unpaired) electrons. The Labute approximate surface area is 255 Å². The third kappa shape index (κ3) is 5.64. The molecule has 0 atom stereocenters. The van der Waals surface area contributed by atoms with E-state index in [1.807, 2.05) is 103 Å². The third-order valence-corrected chi connectivity index (χ3v) is 10.5. The van der Waals surface area contributed by atoms with Crippen molar-refractivity contribution in [3.63, 3.8) is 0 Å². The normalized spacial score (nSPS) is 12.0. The first-order valence-electron chi connectivity index (χ1n) is 14.0. The van der Waals surface area contributed by atoms with Gasteiger partial charge >= 0.3 is 12.1 Å². The first-order chi connectivity index (χ1) is 21.4. The fourth-order valence-corrected chi connectivity index (χ4v) is 8.69. The van der Waals surface area contributed by atoms with Gasteiger partial charge in [-0.25, -0.2) is 4.79 Å². The van der Waals surface area contributed by atoms with Crippen LogP contribution < -0.4 is 0 Å². The van der Waals surface area contributed by atoms with Crippen LogP contribution >= 0.6 is 10.3 Å². The standard InChI is InChI=1S/C38H27F3O2S/c39-38(40,41)37(42)43-44(32-22-12-4-13-23-32,33-24-14-5-15-25-33)36-34(29-18-8-2-9-19-29)26-31(28-16-6-1-7-17-28)27-35(36)30-20-10-3-11-21-30/h1-27H. The first-order valence-corrected chi connectivity index (χ1v) is 15.5. The Morgan fingerprint density at radius 2 is 0.818 bits per heavy atom. The summed E-state index contributed by atoms with van der Waals surface area (Å²) in [5.74, 6) is -2.25. The lowest BCUT2D eigenvalue weighted by molar-refractivity contribution is -0.188. The lowest BCUT2D eigenvalue weighted by Crippen LogP contribution is -2.27. The summed E-state index contributed by atoms with van der Waals surface area (Å²) >= 11 is 0. The predicted octanol–water partition coefficient (Wildman–Crippen LogP) is 11.0. The number of carbonyl (C=O) groups is 1. The van der Waals surface area contributed by atoms with E-state index in [9.17, 15) is 18.0 Å². The largest absolute Gasteiger partial charge is 0.491 e. The Morgan fingerprint density at radius 1 is 0.477 bits per heavy atom. The summed E-state index contributed by atoms with van der Waals surface area (Å²) < 4.78 is 48.5. The van der Waals surface area contributed by atoms with Crippen LogP contribution in [-0.4, -0.2) is 12.1 Å². The minimum atomic E-state index is -5.22. The number of hydrogen-bond acceptors (Lipinski definition) is 2. The molecule has 0 aromatic heterocycles. The third-order valence-electron chi connectivity index (χ3n) is 7.24. The highest BCUT2D eigenvalue weighted by Crippen LogP contribution is 2.73. The monoisotopic (exact) mass is 604 g/mol. The molecule has 44 heavy (non-hydrogen) atoms. The molecule has 6 heteroatoms. The van der Waals surface area contributed by atoms with Crippen molar-refractivity contribution < 1.29 is 22.1 Å². The van der Waals surface area contributed by atoms with Crippen molar-refractivity contribution in [2.24, 2.45) is 0 Å². The zero-order chi connectivity index (χ0) is 30.6. The zero-order valence-corrected chi connectivity index (χ0v) is 24.3. The number of hydrogen-bond donors (Lipinski definition) is 0. The van der Waals surface area contributed by atoms with Gasteiger partial charge in [-0.3, -0.25) is 0 Å². The predicted molar refractivity (Wildman–Crippen MR) is 170 cm³/mol. The lowest BCUT2D eigenvalue weighted by Gasteiger charge is -2.42. The molecule has 6 rings (SSSR count). The molecule has 0 unspecified atom stereocenters. The summed E-state index contributed by atoms with van der Waals surface area (Å²) in [6.45, 7) is 0. The highest BCUT2D eigenvalue weighted by Gasteiger charge is 2.48. The molecule has 0 bridgehead atoms. The van der Waals surface area contributed by atoms with Gasteiger partial charge in [-0.1, -0.05) is 127 Å². The molecule has 0 spiro atoms. The molecule has 2 nitrogen and oxygen atoms in total. The molecule has 0 aliphatic heterocycles. The minimum absolute atomic E-state index is 0.464. The van der Waals surface area contributed by atoms with Crippen LogP contribution in [0.3, 0.4) is 0 Å². The van der Waals surface area contributed by atoms with Gasteiger partial charge in [-0.15, -0.1) is 0 Å². The van der Waals surface area contributed by atoms with Gasteiger partial charge in [0.05, 0.1) is 0 Å². The highest BCUT2D eigenvalue weighted by molar-refractivity contribution is 8.30. The summed E-state index contributed by atoms with van der Waals surface area (Å²) in [4.78, 5) is 14.5. The molecule has 6 aromatic carbocycles. The van der Waals surface area contributed by atoms with E-state index < -0.39 is 22.5 Å². The van der Waals surface area contributed by atoms with E-state index in [0.717, 1.165) is 22.3 Å². The maximum atomic E-state index is 14.2. The van der Waals surface area contributed by atoms with Crippen LogP contribution in [0.1, 0.15) is 0 Å². The number of alkyl halides is 3. The van der Waals surface area contributed by atoms with Crippen LogP contribution in [0, 0.1) is 0 Å². The van der Waals surface area contributed by atoms with Crippen molar-refractivity contribution in [3.8, 4) is 33.4 Å². The summed E-state index contributed by atoms with van der Waals surface area (Å²) in [6, 6.07) is 50.4. The highest BCUT2D eigenvalue weighted by atomic mass is 32.3. The minimum Gasteiger partial charge on any atom is -0.395 e. The molecule has 0 aliphatic rings. The lowest BCUT2D eigenvalue weighted by atomic mass is 9.93. The Morgan fingerprint density at radius 3 is 1.18 bits per heavy atom. The van der Waals surface area contributed by atoms with Crippen LogP contribution in [0.4, 0.5) is 13.2 Å². The SMILES string of the molecule is O=C(OS(c1ccccc1)(c1ccccc1)c1c(-c2ccccc2)cc(-c2ccccc2)cc1-c1ccccc1)C(F)(F)F. The Bertz CT molecular complexity index is 1760. The molecule has 0 amide bonds. The summed E-state index contributed by atoms with van der Waals surface area (Å²) in [6.07, 6.45) is -5.22. The second-order valence-corrected chi connectivity index (χ2v) is 12.7. The van der Waals surface area contributed by atoms with Gasteiger partial charge in [0.2, 0.25) is 0 Å². The molecule has 0 saturated heterocycles. The Hall–Kier alpha value is -5.07. The molecule has 0 fully saturated rings. The molecule has 0 aliphatic carbocycles. The van der Waals surface area contributed by atoms with E-state index in [0.29, 0.717) is 25.8 Å². The van der Waals surface area contributed by atoms with E-state index in [1.54, 1.807) is 60.7 Å². The van der Waals surface area contributed by atoms with Gasteiger partial charge in [-0.05, 0) is 80.1 Å². The fourth-order valence-electron chi connectivity index (χ4n) is 5.29. The van der Waals surface area contributed by atoms with Crippen molar-refractivity contribution in [2.75, 3.05) is 0 Å². The summed E-state index contributed by atoms with van der Waals surface area (Å²) in [5, 5.41) is 0. The van der Waals surface area contributed by atoms with E-state index in [4.69, 9.17) is 4.18 Å². The molecule has 218 valence electrons. The number of halogens is 3. The van der Waals surface area contributed by atoms with Gasteiger partial charge < -0.3 is 4.18 Å². The molecule has 0 saturated carbocycles. The zero-order valence-electron chi connectivity index (χ0n) is 23.4. The van der Waals surface area contributed by atoms with Crippen LogP contribution in [0.5, 0.6) is 0 Å². The Balaban J connectivity index is 1.84. The maximum Gasteiger partial charge on any atom is 0.491 e. The number of carbonyl (C=O) groups excluding carboxylic acids is 1. The summed E-state index contributed by atoms with van der Waals surface area (Å²) in [7, 11) is -3.34. The molecule has 0 heterocycles. The van der Waals surface area contributed by atoms with Crippen molar-refractivity contribution in [1.82, 2.24) is 0 Å². The summed E-state index contributed by atoms with van der Waals surface area (Å²) in [5.41, 5.74) is 4.73. The molecular formula is C38H27F3O2S. The van der Waals surface area contributed by atoms with Gasteiger partial charge in [0.25, 0.3) is 0 Å². The van der Waals surface area contributed by atoms with Crippen LogP contribution in [0.2, 0.25) is 0 Å². The van der Waals surface area contributed by atoms with Gasteiger partial charge in [0.15, 0.2) is 0 Å². The molecule has 0 N–H and O–H groups in total. The maximum absolute atomic E-state index is 14.2. The van der Waals surface area contributed by atoms with E-state index >= 15 is 0 Å². The van der Waals surface area contributed by atoms with Crippen molar-refractivity contribution in [3.05, 3.63) is 164 Å². The quantitative estimate of drug-likeness (QED) is 0.181. The smallest absolute Gasteiger partial charge is 0.395 e. The molecule has 6 aromatic rings. The fraction of sp³-hybridized carbons (Fsp3) is 0.0263. The van der Waals surface area contributed by atoms with Crippen molar-refractivity contribution in [2.45, 2.75) is 20.9 Å². The van der Waals surface area contributed by atoms with Crippen LogP contribution in [0.25, 0.3) is 33.4 Å². The first kappa shape index (κ1) is 29.0. The second-order valence-electron chi connectivity index (χ2n) is 10.0. The number of benzene rings is 6. The van der Waals surface area contributed by atoms with Crippen molar-refractivity contribution >= 4 is 16.3 Å². The topological polar surface area (TPSA) is 26.3 Å². The van der Waals surface area contributed by atoms with E-state index in [-0.39, 0.29) is 0 Å². The van der Waals surface area contributed by atoms with Crippen molar-refractivity contribution in [1.29, 1.82) is 0 Å². The van der Waals surface area contributed by atoms with E-state index in [2.05, 4.69) is 0 Å². The molecular weight excluding hydrogens is 577 g/mol. The Kier molecular flexibility index (Phi) is 8.09. The average Bonchev–Trinajstić information content (AvgIpc) is 3.08. The van der Waals surface area contributed by atoms with Gasteiger partial charge in [0, 0.05) is 14.7 Å².